The molecule has 4 rings (SSSR count). The highest BCUT2D eigenvalue weighted by molar-refractivity contribution is 7.89. The lowest BCUT2D eigenvalue weighted by Crippen LogP contribution is -2.49. The van der Waals surface area contributed by atoms with E-state index in [4.69, 9.17) is 23.2 Å². The highest BCUT2D eigenvalue weighted by atomic mass is 35.5. The highest BCUT2D eigenvalue weighted by Gasteiger charge is 2.38. The van der Waals surface area contributed by atoms with Crippen LogP contribution in [0.5, 0.6) is 0 Å². The fourth-order valence-corrected chi connectivity index (χ4v) is 5.98. The van der Waals surface area contributed by atoms with Gasteiger partial charge in [-0.3, -0.25) is 0 Å². The van der Waals surface area contributed by atoms with E-state index in [1.54, 1.807) is 28.5 Å². The first kappa shape index (κ1) is 24.1. The Hall–Kier alpha value is -1.99. The van der Waals surface area contributed by atoms with Gasteiger partial charge in [0.2, 0.25) is 15.8 Å². The first-order valence-corrected chi connectivity index (χ1v) is 12.3. The second-order valence-corrected chi connectivity index (χ2v) is 10.5. The third-order valence-electron chi connectivity index (χ3n) is 4.98. The number of aromatic nitrogens is 1. The molecule has 0 bridgehead atoms. The first-order valence-electron chi connectivity index (χ1n) is 9.20. The Morgan fingerprint density at radius 1 is 0.848 bits per heavy atom. The van der Waals surface area contributed by atoms with Gasteiger partial charge in [-0.05, 0) is 12.1 Å². The molecule has 176 valence electrons. The van der Waals surface area contributed by atoms with Crippen LogP contribution in [0.2, 0.25) is 10.0 Å². The Balaban J connectivity index is 1.53. The Labute approximate surface area is 199 Å². The summed E-state index contributed by atoms with van der Waals surface area (Å²) in [4.78, 5) is 4.38. The van der Waals surface area contributed by atoms with E-state index in [9.17, 15) is 30.4 Å². The molecule has 0 unspecified atom stereocenters. The molecule has 0 spiro atoms. The maximum absolute atomic E-state index is 14.0. The van der Waals surface area contributed by atoms with Crippen LogP contribution >= 0.6 is 34.5 Å². The van der Waals surface area contributed by atoms with Gasteiger partial charge < -0.3 is 4.90 Å². The summed E-state index contributed by atoms with van der Waals surface area (Å²) in [7, 11) is -4.97. The molecule has 3 aromatic rings. The SMILES string of the molecule is O=S(=O)(c1c(F)c(F)c(F)c(F)c1F)N1CCN(c2nc(-c3ccc(Cl)c(Cl)c3)cs2)CC1. The van der Waals surface area contributed by atoms with Crippen LogP contribution in [0.1, 0.15) is 0 Å². The topological polar surface area (TPSA) is 53.5 Å². The van der Waals surface area contributed by atoms with E-state index in [0.717, 1.165) is 5.56 Å². The van der Waals surface area contributed by atoms with Gasteiger partial charge >= 0.3 is 0 Å². The fourth-order valence-electron chi connectivity index (χ4n) is 3.26. The maximum Gasteiger partial charge on any atom is 0.249 e. The number of sulfonamides is 1. The zero-order valence-electron chi connectivity index (χ0n) is 16.3. The highest BCUT2D eigenvalue weighted by Crippen LogP contribution is 2.33. The minimum absolute atomic E-state index is 0.0863. The van der Waals surface area contributed by atoms with Gasteiger partial charge in [-0.1, -0.05) is 29.3 Å². The van der Waals surface area contributed by atoms with Crippen molar-refractivity contribution in [1.29, 1.82) is 0 Å². The van der Waals surface area contributed by atoms with Gasteiger partial charge in [0.15, 0.2) is 33.3 Å². The molecule has 5 nitrogen and oxygen atoms in total. The lowest BCUT2D eigenvalue weighted by Gasteiger charge is -2.33. The molecule has 0 atom stereocenters. The maximum atomic E-state index is 14.0. The Morgan fingerprint density at radius 2 is 1.42 bits per heavy atom. The van der Waals surface area contributed by atoms with E-state index in [-0.39, 0.29) is 26.2 Å². The van der Waals surface area contributed by atoms with Crippen molar-refractivity contribution in [1.82, 2.24) is 9.29 Å². The van der Waals surface area contributed by atoms with Gasteiger partial charge in [0.1, 0.15) is 0 Å². The lowest BCUT2D eigenvalue weighted by molar-refractivity contribution is 0.344. The molecular weight excluding hydrogens is 532 g/mol. The summed E-state index contributed by atoms with van der Waals surface area (Å²) in [6, 6.07) is 5.01. The predicted molar refractivity (Wildman–Crippen MR) is 115 cm³/mol. The fraction of sp³-hybridized carbons (Fsp3) is 0.211. The molecule has 2 heterocycles. The van der Waals surface area contributed by atoms with E-state index in [1.165, 1.54) is 11.3 Å². The van der Waals surface area contributed by atoms with Crippen LogP contribution in [0.4, 0.5) is 27.1 Å². The van der Waals surface area contributed by atoms with Gasteiger partial charge in [0.05, 0.1) is 15.7 Å². The molecule has 0 aliphatic carbocycles. The molecule has 2 aromatic carbocycles. The van der Waals surface area contributed by atoms with Gasteiger partial charge in [0.25, 0.3) is 0 Å². The van der Waals surface area contributed by atoms with Gasteiger partial charge in [0, 0.05) is 37.1 Å². The second kappa shape index (κ2) is 8.99. The van der Waals surface area contributed by atoms with Gasteiger partial charge in [-0.15, -0.1) is 11.3 Å². The van der Waals surface area contributed by atoms with Crippen LogP contribution in [0, 0.1) is 29.1 Å². The van der Waals surface area contributed by atoms with Crippen molar-refractivity contribution in [2.24, 2.45) is 0 Å². The van der Waals surface area contributed by atoms with Crippen LogP contribution in [-0.2, 0) is 10.0 Å². The van der Waals surface area contributed by atoms with Crippen LogP contribution in [0.25, 0.3) is 11.3 Å². The van der Waals surface area contributed by atoms with Crippen molar-refractivity contribution in [3.63, 3.8) is 0 Å². The summed E-state index contributed by atoms with van der Waals surface area (Å²) in [6.07, 6.45) is 0. The molecular formula is C19H12Cl2F5N3O2S2. The largest absolute Gasteiger partial charge is 0.345 e. The van der Waals surface area contributed by atoms with E-state index in [1.807, 2.05) is 0 Å². The smallest absolute Gasteiger partial charge is 0.249 e. The number of rotatable bonds is 4. The zero-order chi connectivity index (χ0) is 24.1. The van der Waals surface area contributed by atoms with Crippen LogP contribution in [-0.4, -0.2) is 43.9 Å². The molecule has 0 radical (unpaired) electrons. The Kier molecular flexibility index (Phi) is 6.58. The molecule has 1 aromatic heterocycles. The first-order chi connectivity index (χ1) is 15.5. The van der Waals surface area contributed by atoms with Gasteiger partial charge in [-0.2, -0.15) is 4.31 Å². The summed E-state index contributed by atoms with van der Waals surface area (Å²) in [5.74, 6) is -11.8. The van der Waals surface area contributed by atoms with E-state index < -0.39 is 44.0 Å². The number of halogens is 7. The number of anilines is 1. The summed E-state index contributed by atoms with van der Waals surface area (Å²) in [5.41, 5.74) is 1.34. The van der Waals surface area contributed by atoms with E-state index >= 15 is 0 Å². The van der Waals surface area contributed by atoms with Crippen molar-refractivity contribution in [2.75, 3.05) is 31.1 Å². The quantitative estimate of drug-likeness (QED) is 0.254. The standard InChI is InChI=1S/C19H12Cl2F5N3O2S2/c20-10-2-1-9(7-11(10)21)12-8-32-19(27-12)28-3-5-29(6-4-28)33(30,31)18-16(25)14(23)13(22)15(24)17(18)26/h1-2,7-8H,3-6H2. The van der Waals surface area contributed by atoms with E-state index in [0.29, 0.717) is 25.2 Å². The number of thiazole rings is 1. The summed E-state index contributed by atoms with van der Waals surface area (Å²) < 4.78 is 94.4. The van der Waals surface area contributed by atoms with Crippen molar-refractivity contribution in [3.05, 3.63) is 62.7 Å². The van der Waals surface area contributed by atoms with E-state index in [2.05, 4.69) is 4.98 Å². The molecule has 14 heteroatoms. The third kappa shape index (κ3) is 4.30. The van der Waals surface area contributed by atoms with Crippen molar-refractivity contribution >= 4 is 49.7 Å². The molecule has 0 saturated carbocycles. The van der Waals surface area contributed by atoms with Crippen LogP contribution < -0.4 is 4.90 Å². The number of piperazine rings is 1. The zero-order valence-corrected chi connectivity index (χ0v) is 19.4. The molecule has 1 aliphatic rings. The molecule has 1 fully saturated rings. The molecule has 1 saturated heterocycles. The molecule has 33 heavy (non-hydrogen) atoms. The predicted octanol–water partition coefficient (Wildman–Crippen LogP) is 5.32. The van der Waals surface area contributed by atoms with Crippen molar-refractivity contribution in [2.45, 2.75) is 4.90 Å². The average Bonchev–Trinajstić information content (AvgIpc) is 3.28. The summed E-state index contributed by atoms with van der Waals surface area (Å²) >= 11 is 13.2. The van der Waals surface area contributed by atoms with Crippen LogP contribution in [0.15, 0.2) is 28.5 Å². The minimum Gasteiger partial charge on any atom is -0.345 e. The number of hydrogen-bond acceptors (Lipinski definition) is 5. The number of benzene rings is 2. The van der Waals surface area contributed by atoms with Crippen LogP contribution in [0.3, 0.4) is 0 Å². The van der Waals surface area contributed by atoms with Crippen molar-refractivity contribution < 1.29 is 30.4 Å². The summed E-state index contributed by atoms with van der Waals surface area (Å²) in [6.45, 7) is -0.320. The average molecular weight is 544 g/mol. The summed E-state index contributed by atoms with van der Waals surface area (Å²) in [5, 5.41) is 3.08. The number of nitrogens with zero attached hydrogens (tertiary/aromatic N) is 3. The Bertz CT molecular complexity index is 1320. The third-order valence-corrected chi connectivity index (χ3v) is 8.54. The molecule has 0 N–H and O–H groups in total. The second-order valence-electron chi connectivity index (χ2n) is 6.93. The lowest BCUT2D eigenvalue weighted by atomic mass is 10.2. The normalized spacial score (nSPS) is 15.3. The monoisotopic (exact) mass is 543 g/mol. The van der Waals surface area contributed by atoms with Gasteiger partial charge in [-0.25, -0.2) is 35.4 Å². The molecule has 1 aliphatic heterocycles. The number of hydrogen-bond donors (Lipinski definition) is 0. The molecule has 0 amide bonds. The van der Waals surface area contributed by atoms with Crippen molar-refractivity contribution in [3.8, 4) is 11.3 Å². The Morgan fingerprint density at radius 3 is 2.00 bits per heavy atom. The minimum atomic E-state index is -4.97.